The third-order valence-electron chi connectivity index (χ3n) is 2.20. The maximum absolute atomic E-state index is 11.3. The van der Waals surface area contributed by atoms with Gasteiger partial charge in [-0.05, 0) is 6.42 Å². The molecule has 0 bridgehead atoms. The average molecular weight is 217 g/mol. The number of unbranched alkanes of at least 4 members (excludes halogenated alkanes) is 2. The zero-order chi connectivity index (χ0) is 11.7. The van der Waals surface area contributed by atoms with Crippen LogP contribution in [0.15, 0.2) is 0 Å². The molecule has 6 heteroatoms. The Labute approximate surface area is 89.3 Å². The third kappa shape index (κ3) is 6.03. The number of nitrogens with one attached hydrogen (secondary N) is 1. The van der Waals surface area contributed by atoms with E-state index in [1.165, 1.54) is 0 Å². The van der Waals surface area contributed by atoms with Gasteiger partial charge in [-0.15, -0.1) is 0 Å². The molecule has 0 aromatic rings. The SMILES string of the molecule is CCCCC[C@H](CN(O)C=O)C(=O)NN. The highest BCUT2D eigenvalue weighted by atomic mass is 16.5. The van der Waals surface area contributed by atoms with E-state index in [4.69, 9.17) is 11.0 Å². The average Bonchev–Trinajstić information content (AvgIpc) is 2.26. The fourth-order valence-electron chi connectivity index (χ4n) is 1.33. The van der Waals surface area contributed by atoms with E-state index in [-0.39, 0.29) is 18.9 Å². The van der Waals surface area contributed by atoms with Crippen molar-refractivity contribution >= 4 is 12.3 Å². The molecule has 15 heavy (non-hydrogen) atoms. The van der Waals surface area contributed by atoms with Gasteiger partial charge in [0, 0.05) is 0 Å². The quantitative estimate of drug-likeness (QED) is 0.133. The zero-order valence-electron chi connectivity index (χ0n) is 8.98. The van der Waals surface area contributed by atoms with Crippen LogP contribution in [0.25, 0.3) is 0 Å². The van der Waals surface area contributed by atoms with Crippen LogP contribution in [-0.2, 0) is 9.59 Å². The number of carbonyl (C=O) groups excluding carboxylic acids is 2. The molecule has 6 nitrogen and oxygen atoms in total. The number of hydrogen-bond donors (Lipinski definition) is 3. The molecule has 0 aliphatic carbocycles. The summed E-state index contributed by atoms with van der Waals surface area (Å²) < 4.78 is 0. The van der Waals surface area contributed by atoms with Crippen molar-refractivity contribution < 1.29 is 14.8 Å². The maximum atomic E-state index is 11.3. The zero-order valence-corrected chi connectivity index (χ0v) is 8.98. The molecule has 88 valence electrons. The lowest BCUT2D eigenvalue weighted by atomic mass is 10.0. The smallest absolute Gasteiger partial charge is 0.238 e. The number of carbonyl (C=O) groups is 2. The van der Waals surface area contributed by atoms with Crippen molar-refractivity contribution in [1.29, 1.82) is 0 Å². The minimum absolute atomic E-state index is 0.0176. The summed E-state index contributed by atoms with van der Waals surface area (Å²) in [6.45, 7) is 2.04. The van der Waals surface area contributed by atoms with Crippen LogP contribution in [0.4, 0.5) is 0 Å². The molecule has 0 aromatic carbocycles. The summed E-state index contributed by atoms with van der Waals surface area (Å²) in [6.07, 6.45) is 3.83. The van der Waals surface area contributed by atoms with Crippen LogP contribution in [0.5, 0.6) is 0 Å². The summed E-state index contributed by atoms with van der Waals surface area (Å²) in [5.41, 5.74) is 2.03. The molecule has 2 amide bonds. The van der Waals surface area contributed by atoms with Crippen molar-refractivity contribution in [2.75, 3.05) is 6.54 Å². The van der Waals surface area contributed by atoms with E-state index in [0.717, 1.165) is 19.3 Å². The van der Waals surface area contributed by atoms with Crippen molar-refractivity contribution in [2.24, 2.45) is 11.8 Å². The predicted octanol–water partition coefficient (Wildman–Crippen LogP) is 0.0204. The highest BCUT2D eigenvalue weighted by Gasteiger charge is 2.19. The summed E-state index contributed by atoms with van der Waals surface area (Å²) in [4.78, 5) is 21.5. The van der Waals surface area contributed by atoms with Crippen LogP contribution in [0.1, 0.15) is 32.6 Å². The fraction of sp³-hybridized carbons (Fsp3) is 0.778. The molecule has 0 heterocycles. The molecule has 0 saturated carbocycles. The number of amides is 2. The lowest BCUT2D eigenvalue weighted by molar-refractivity contribution is -0.154. The normalized spacial score (nSPS) is 11.9. The Kier molecular flexibility index (Phi) is 7.57. The summed E-state index contributed by atoms with van der Waals surface area (Å²) in [7, 11) is 0. The van der Waals surface area contributed by atoms with Gasteiger partial charge in [0.25, 0.3) is 0 Å². The van der Waals surface area contributed by atoms with Gasteiger partial charge in [-0.2, -0.15) is 0 Å². The van der Waals surface area contributed by atoms with Crippen LogP contribution < -0.4 is 11.3 Å². The summed E-state index contributed by atoms with van der Waals surface area (Å²) in [5.74, 6) is 4.20. The molecule has 0 spiro atoms. The van der Waals surface area contributed by atoms with E-state index >= 15 is 0 Å². The molecule has 0 radical (unpaired) electrons. The van der Waals surface area contributed by atoms with E-state index < -0.39 is 5.92 Å². The predicted molar refractivity (Wildman–Crippen MR) is 54.5 cm³/mol. The van der Waals surface area contributed by atoms with Crippen LogP contribution in [0.3, 0.4) is 0 Å². The summed E-state index contributed by atoms with van der Waals surface area (Å²) >= 11 is 0. The second-order valence-corrected chi connectivity index (χ2v) is 3.43. The highest BCUT2D eigenvalue weighted by Crippen LogP contribution is 2.10. The lowest BCUT2D eigenvalue weighted by Gasteiger charge is -2.17. The highest BCUT2D eigenvalue weighted by molar-refractivity contribution is 5.78. The first-order valence-corrected chi connectivity index (χ1v) is 5.07. The molecule has 0 aliphatic rings. The number of hydrazine groups is 1. The van der Waals surface area contributed by atoms with Crippen molar-refractivity contribution in [3.63, 3.8) is 0 Å². The Morgan fingerprint density at radius 2 is 2.27 bits per heavy atom. The number of hydrogen-bond acceptors (Lipinski definition) is 4. The monoisotopic (exact) mass is 217 g/mol. The Hall–Kier alpha value is -1.14. The minimum atomic E-state index is -0.447. The number of rotatable bonds is 8. The topological polar surface area (TPSA) is 95.7 Å². The number of nitrogens with zero attached hydrogens (tertiary/aromatic N) is 1. The van der Waals surface area contributed by atoms with Crippen molar-refractivity contribution in [3.05, 3.63) is 0 Å². The molecule has 0 rings (SSSR count). The molecular formula is C9H19N3O3. The first-order valence-electron chi connectivity index (χ1n) is 5.07. The van der Waals surface area contributed by atoms with Gasteiger partial charge >= 0.3 is 0 Å². The summed E-state index contributed by atoms with van der Waals surface area (Å²) in [5, 5.41) is 9.44. The van der Waals surface area contributed by atoms with E-state index in [1.54, 1.807) is 0 Å². The third-order valence-corrected chi connectivity index (χ3v) is 2.20. The number of nitrogens with two attached hydrogens (primary N) is 1. The van der Waals surface area contributed by atoms with Gasteiger partial charge in [0.15, 0.2) is 0 Å². The minimum Gasteiger partial charge on any atom is -0.294 e. The van der Waals surface area contributed by atoms with Crippen LogP contribution in [0, 0.1) is 5.92 Å². The van der Waals surface area contributed by atoms with Gasteiger partial charge in [0.05, 0.1) is 12.5 Å². The molecule has 4 N–H and O–H groups in total. The van der Waals surface area contributed by atoms with Crippen molar-refractivity contribution in [2.45, 2.75) is 32.6 Å². The van der Waals surface area contributed by atoms with Gasteiger partial charge in [-0.3, -0.25) is 20.2 Å². The van der Waals surface area contributed by atoms with E-state index in [1.807, 2.05) is 5.43 Å². The second-order valence-electron chi connectivity index (χ2n) is 3.43. The van der Waals surface area contributed by atoms with Gasteiger partial charge in [-0.25, -0.2) is 10.9 Å². The molecule has 0 unspecified atom stereocenters. The first-order chi connectivity index (χ1) is 7.15. The van der Waals surface area contributed by atoms with E-state index in [9.17, 15) is 9.59 Å². The molecule has 0 saturated heterocycles. The maximum Gasteiger partial charge on any atom is 0.238 e. The molecule has 1 atom stereocenters. The van der Waals surface area contributed by atoms with Crippen LogP contribution in [-0.4, -0.2) is 29.1 Å². The largest absolute Gasteiger partial charge is 0.294 e. The van der Waals surface area contributed by atoms with Crippen LogP contribution >= 0.6 is 0 Å². The van der Waals surface area contributed by atoms with Crippen molar-refractivity contribution in [1.82, 2.24) is 10.5 Å². The first kappa shape index (κ1) is 13.9. The van der Waals surface area contributed by atoms with Gasteiger partial charge in [0.2, 0.25) is 12.3 Å². The Morgan fingerprint density at radius 3 is 2.73 bits per heavy atom. The molecule has 0 aliphatic heterocycles. The standard InChI is InChI=1S/C9H19N3O3/c1-2-3-4-5-8(9(14)11-10)6-12(15)7-13/h7-8,15H,2-6,10H2,1H3,(H,11,14)/t8-/m1/s1. The lowest BCUT2D eigenvalue weighted by Crippen LogP contribution is -2.40. The second kappa shape index (κ2) is 8.19. The summed E-state index contributed by atoms with van der Waals surface area (Å²) in [6, 6.07) is 0. The van der Waals surface area contributed by atoms with E-state index in [2.05, 4.69) is 6.92 Å². The van der Waals surface area contributed by atoms with Gasteiger partial charge in [-0.1, -0.05) is 26.2 Å². The van der Waals surface area contributed by atoms with Gasteiger partial charge in [0.1, 0.15) is 0 Å². The molecular weight excluding hydrogens is 198 g/mol. The van der Waals surface area contributed by atoms with E-state index in [0.29, 0.717) is 11.5 Å². The van der Waals surface area contributed by atoms with Gasteiger partial charge < -0.3 is 0 Å². The molecule has 0 fully saturated rings. The Morgan fingerprint density at radius 1 is 1.60 bits per heavy atom. The number of hydroxylamine groups is 2. The Balaban J connectivity index is 4.06. The Bertz CT molecular complexity index is 199. The molecule has 0 aromatic heterocycles. The van der Waals surface area contributed by atoms with Crippen molar-refractivity contribution in [3.8, 4) is 0 Å². The van der Waals surface area contributed by atoms with Crippen LogP contribution in [0.2, 0.25) is 0 Å². The fourth-order valence-corrected chi connectivity index (χ4v) is 1.33.